The van der Waals surface area contributed by atoms with Crippen LogP contribution in [0.5, 0.6) is 0 Å². The van der Waals surface area contributed by atoms with E-state index < -0.39 is 30.0 Å². The monoisotopic (exact) mass is 1010 g/mol. The van der Waals surface area contributed by atoms with Crippen molar-refractivity contribution in [3.05, 3.63) is 132 Å². The highest BCUT2D eigenvalue weighted by Crippen LogP contribution is 2.30. The van der Waals surface area contributed by atoms with Gasteiger partial charge in [-0.15, -0.1) is 0 Å². The third kappa shape index (κ3) is 15.0. The average Bonchev–Trinajstić information content (AvgIpc) is 4.13. The summed E-state index contributed by atoms with van der Waals surface area (Å²) in [7, 11) is 0. The molecule has 4 aromatic heterocycles. The van der Waals surface area contributed by atoms with E-state index in [1.165, 1.54) is 18.5 Å². The number of primary amides is 1. The fourth-order valence-electron chi connectivity index (χ4n) is 8.52. The van der Waals surface area contributed by atoms with Crippen LogP contribution in [-0.2, 0) is 48.3 Å². The van der Waals surface area contributed by atoms with Crippen LogP contribution in [0.25, 0.3) is 28.3 Å². The zero-order valence-corrected chi connectivity index (χ0v) is 41.8. The van der Waals surface area contributed by atoms with Crippen molar-refractivity contribution in [3.63, 3.8) is 0 Å². The number of H-pyrrole nitrogens is 1. The Balaban J connectivity index is 0.977. The molecule has 0 fully saturated rings. The minimum absolute atomic E-state index is 0.0701. The molecule has 0 unspecified atom stereocenters. The fraction of sp³-hybridized carbons (Fsp3) is 0.352. The van der Waals surface area contributed by atoms with Crippen molar-refractivity contribution in [3.8, 4) is 22.6 Å². The normalized spacial score (nSPS) is 13.0. The maximum absolute atomic E-state index is 14.0. The summed E-state index contributed by atoms with van der Waals surface area (Å²) in [5.74, 6) is -2.32. The lowest BCUT2D eigenvalue weighted by molar-refractivity contribution is -0.137. The zero-order chi connectivity index (χ0) is 52.6. The van der Waals surface area contributed by atoms with E-state index in [0.717, 1.165) is 21.7 Å². The molecule has 7 rings (SSSR count). The van der Waals surface area contributed by atoms with E-state index >= 15 is 0 Å². The van der Waals surface area contributed by atoms with Gasteiger partial charge in [-0.25, -0.2) is 24.1 Å². The molecule has 6 aromatic rings. The minimum atomic E-state index is -0.852. The molecular weight excluding hydrogens is 945 g/mol. The highest BCUT2D eigenvalue weighted by atomic mass is 16.6. The number of anilines is 1. The number of imide groups is 1. The number of nitrogens with two attached hydrogens (primary N) is 1. The molecule has 0 radical (unpaired) electrons. The number of Topliss-reactive ketones (excluding diaryl/α,β-unsaturated/α-hetero) is 1. The molecule has 20 heteroatoms. The first-order valence-corrected chi connectivity index (χ1v) is 24.8. The van der Waals surface area contributed by atoms with Crippen LogP contribution in [0.3, 0.4) is 0 Å². The van der Waals surface area contributed by atoms with Gasteiger partial charge < -0.3 is 36.3 Å². The zero-order valence-electron chi connectivity index (χ0n) is 41.8. The van der Waals surface area contributed by atoms with Crippen molar-refractivity contribution in [1.82, 2.24) is 50.0 Å². The lowest BCUT2D eigenvalue weighted by Crippen LogP contribution is -2.45. The molecule has 386 valence electrons. The fourth-order valence-corrected chi connectivity index (χ4v) is 8.52. The number of nitrogens with one attached hydrogen (secondary N) is 4. The molecule has 0 saturated carbocycles. The summed E-state index contributed by atoms with van der Waals surface area (Å²) >= 11 is 0. The van der Waals surface area contributed by atoms with E-state index in [2.05, 4.69) is 31.0 Å². The first-order chi connectivity index (χ1) is 35.7. The van der Waals surface area contributed by atoms with Crippen molar-refractivity contribution >= 4 is 52.9 Å². The van der Waals surface area contributed by atoms with Crippen LogP contribution in [0, 0.1) is 18.8 Å². The van der Waals surface area contributed by atoms with Crippen LogP contribution >= 0.6 is 0 Å². The molecule has 0 spiro atoms. The maximum Gasteiger partial charge on any atom is 0.410 e. The molecule has 0 bridgehead atoms. The van der Waals surface area contributed by atoms with Gasteiger partial charge in [0.2, 0.25) is 11.8 Å². The molecule has 6 N–H and O–H groups in total. The Bertz CT molecular complexity index is 2950. The van der Waals surface area contributed by atoms with Crippen LogP contribution in [0.2, 0.25) is 0 Å². The third-order valence-electron chi connectivity index (χ3n) is 12.5. The number of rotatable bonds is 26. The summed E-state index contributed by atoms with van der Waals surface area (Å²) in [4.78, 5) is 110. The summed E-state index contributed by atoms with van der Waals surface area (Å²) in [6.07, 6.45) is 7.99. The minimum Gasteiger partial charge on any atom is -0.445 e. The molecule has 2 atom stereocenters. The second-order valence-electron chi connectivity index (χ2n) is 18.5. The Kier molecular flexibility index (Phi) is 18.5. The topological polar surface area (TPSA) is 269 Å². The van der Waals surface area contributed by atoms with E-state index in [1.54, 1.807) is 33.7 Å². The Morgan fingerprint density at radius 2 is 1.62 bits per heavy atom. The van der Waals surface area contributed by atoms with E-state index in [4.69, 9.17) is 20.4 Å². The summed E-state index contributed by atoms with van der Waals surface area (Å²) in [5.41, 5.74) is 11.7. The van der Waals surface area contributed by atoms with Crippen LogP contribution in [-0.4, -0.2) is 107 Å². The van der Waals surface area contributed by atoms with E-state index in [9.17, 15) is 33.6 Å². The highest BCUT2D eigenvalue weighted by Gasteiger charge is 2.30. The van der Waals surface area contributed by atoms with Gasteiger partial charge >= 0.3 is 12.1 Å². The smallest absolute Gasteiger partial charge is 0.410 e. The number of aromatic nitrogens is 6. The van der Waals surface area contributed by atoms with Crippen molar-refractivity contribution in [2.24, 2.45) is 17.6 Å². The number of ketones is 1. The number of hydrogen-bond acceptors (Lipinski definition) is 12. The first-order valence-electron chi connectivity index (χ1n) is 24.8. The van der Waals surface area contributed by atoms with Crippen LogP contribution in [0.1, 0.15) is 81.4 Å². The quantitative estimate of drug-likeness (QED) is 0.0290. The second-order valence-corrected chi connectivity index (χ2v) is 18.5. The predicted molar refractivity (Wildman–Crippen MR) is 275 cm³/mol. The van der Waals surface area contributed by atoms with Crippen molar-refractivity contribution in [2.75, 3.05) is 25.0 Å². The SMILES string of the molecule is Cc1cccc(-c2[nH]c(CN(CCc3ccccc3)C(=O)OCc3ccc(NC(=O)[C@H](CCCNC(N)=O)CC(=O)[C@@H](NC(=O)CCCCCN4C(=O)C=CC4=O)C(C)C)cc3)nc2-c2ccc3ncnn3c2)n1. The van der Waals surface area contributed by atoms with E-state index in [-0.39, 0.29) is 74.9 Å². The Morgan fingerprint density at radius 1 is 0.851 bits per heavy atom. The van der Waals surface area contributed by atoms with Gasteiger partial charge in [0.15, 0.2) is 11.4 Å². The van der Waals surface area contributed by atoms with Crippen molar-refractivity contribution in [1.29, 1.82) is 0 Å². The number of carbonyl (C=O) groups excluding carboxylic acids is 7. The van der Waals surface area contributed by atoms with Gasteiger partial charge in [-0.3, -0.25) is 33.9 Å². The number of pyridine rings is 2. The summed E-state index contributed by atoms with van der Waals surface area (Å²) in [6.45, 7) is 6.35. The number of imidazole rings is 1. The van der Waals surface area contributed by atoms with Gasteiger partial charge in [-0.1, -0.05) is 68.8 Å². The molecular formula is C54H62N12O8. The van der Waals surface area contributed by atoms with Crippen LogP contribution in [0.15, 0.2) is 110 Å². The van der Waals surface area contributed by atoms with Gasteiger partial charge in [-0.05, 0) is 92.5 Å². The van der Waals surface area contributed by atoms with Gasteiger partial charge in [-0.2, -0.15) is 5.10 Å². The molecule has 1 aliphatic heterocycles. The predicted octanol–water partition coefficient (Wildman–Crippen LogP) is 6.46. The van der Waals surface area contributed by atoms with Crippen molar-refractivity contribution < 1.29 is 38.3 Å². The Labute approximate surface area is 428 Å². The number of aryl methyl sites for hydroxylation is 1. The summed E-state index contributed by atoms with van der Waals surface area (Å²) in [6, 6.07) is 24.6. The van der Waals surface area contributed by atoms with E-state index in [1.807, 2.05) is 87.6 Å². The standard InChI is InChI=1S/C54H62N12O8/c1-35(2)49(63-46(68)17-8-5-9-28-65-47(69)24-25-48(65)70)43(67)30-39(15-11-27-56-53(55)72)52(71)60-41-21-18-38(19-22-41)33-74-54(73)64(29-26-37-13-6-4-7-14-37)32-44-61-50(40-20-23-45-57-34-58-66(45)31-40)51(62-44)42-16-10-12-36(3)59-42/h4,6-7,10,12-14,16,18-25,31,34-35,39,49H,5,8-9,11,15,17,26-30,32-33H2,1-3H3,(H,60,71)(H,61,62)(H,63,68)(H3,55,56,72)/t39-,49+/m1/s1. The van der Waals surface area contributed by atoms with Gasteiger partial charge in [0.25, 0.3) is 11.8 Å². The van der Waals surface area contributed by atoms with Crippen LogP contribution < -0.4 is 21.7 Å². The molecule has 5 heterocycles. The highest BCUT2D eigenvalue weighted by molar-refractivity contribution is 6.12. The van der Waals surface area contributed by atoms with Gasteiger partial charge in [0.05, 0.1) is 29.7 Å². The molecule has 0 aliphatic carbocycles. The number of hydrogen-bond donors (Lipinski definition) is 5. The van der Waals surface area contributed by atoms with Gasteiger partial charge in [0, 0.05) is 73.7 Å². The number of carbonyl (C=O) groups is 7. The largest absolute Gasteiger partial charge is 0.445 e. The molecule has 0 saturated heterocycles. The second kappa shape index (κ2) is 25.7. The molecule has 74 heavy (non-hydrogen) atoms. The number of ether oxygens (including phenoxy) is 1. The third-order valence-corrected chi connectivity index (χ3v) is 12.5. The lowest BCUT2D eigenvalue weighted by atomic mass is 9.89. The molecule has 1 aliphatic rings. The summed E-state index contributed by atoms with van der Waals surface area (Å²) < 4.78 is 7.58. The molecule has 20 nitrogen and oxygen atoms in total. The number of nitrogens with zero attached hydrogens (tertiary/aromatic N) is 7. The number of unbranched alkanes of at least 4 members (excludes halogenated alkanes) is 2. The maximum atomic E-state index is 14.0. The number of benzene rings is 2. The first kappa shape index (κ1) is 53.3. The molecule has 7 amide bonds. The van der Waals surface area contributed by atoms with E-state index in [0.29, 0.717) is 78.5 Å². The number of urea groups is 1. The lowest BCUT2D eigenvalue weighted by Gasteiger charge is -2.24. The van der Waals surface area contributed by atoms with Crippen LogP contribution in [0.4, 0.5) is 15.3 Å². The Hall–Kier alpha value is -8.55. The summed E-state index contributed by atoms with van der Waals surface area (Å²) in [5, 5.41) is 12.6. The number of aromatic amines is 1. The van der Waals surface area contributed by atoms with Gasteiger partial charge in [0.1, 0.15) is 18.8 Å². The van der Waals surface area contributed by atoms with Crippen molar-refractivity contribution in [2.45, 2.75) is 91.3 Å². The Morgan fingerprint density at radius 3 is 2.35 bits per heavy atom. The number of amides is 7. The number of fused-ring (bicyclic) bond motifs is 1. The molecule has 2 aromatic carbocycles. The average molecular weight is 1010 g/mol.